The van der Waals surface area contributed by atoms with E-state index in [0.29, 0.717) is 18.2 Å². The minimum absolute atomic E-state index is 0.00514. The van der Waals surface area contributed by atoms with Gasteiger partial charge in [0.15, 0.2) is 0 Å². The molecule has 3 unspecified atom stereocenters. The van der Waals surface area contributed by atoms with Crippen molar-refractivity contribution in [3.63, 3.8) is 0 Å². The second-order valence-electron chi connectivity index (χ2n) is 13.4. The Hall–Kier alpha value is -3.50. The van der Waals surface area contributed by atoms with Crippen LogP contribution in [0, 0.1) is 18.8 Å². The molecule has 2 aromatic rings. The number of pyridine rings is 1. The SMILES string of the molecule is CC(=O)N[C@H]1CC[C@H](N(C)c2cc(-c3ccc(CN4CCOCC4)nc3)cc(C(=O)NCC3C(=O)NC(C)CC3C)c2C)CC1. The van der Waals surface area contributed by atoms with Gasteiger partial charge in [0.1, 0.15) is 0 Å². The van der Waals surface area contributed by atoms with Crippen LogP contribution in [0.4, 0.5) is 5.69 Å². The van der Waals surface area contributed by atoms with Gasteiger partial charge in [-0.15, -0.1) is 0 Å². The predicted molar refractivity (Wildman–Crippen MR) is 176 cm³/mol. The summed E-state index contributed by atoms with van der Waals surface area (Å²) < 4.78 is 5.48. The van der Waals surface area contributed by atoms with Gasteiger partial charge in [-0.25, -0.2) is 0 Å². The summed E-state index contributed by atoms with van der Waals surface area (Å²) in [5, 5.41) is 9.20. The fourth-order valence-electron chi connectivity index (χ4n) is 7.22. The Balaban J connectivity index is 1.39. The topological polar surface area (TPSA) is 116 Å². The molecule has 2 aliphatic heterocycles. The highest BCUT2D eigenvalue weighted by molar-refractivity contribution is 5.99. The lowest BCUT2D eigenvalue weighted by atomic mass is 9.84. The van der Waals surface area contributed by atoms with Crippen LogP contribution >= 0.6 is 0 Å². The van der Waals surface area contributed by atoms with Gasteiger partial charge in [-0.3, -0.25) is 24.3 Å². The fourth-order valence-corrected chi connectivity index (χ4v) is 7.22. The van der Waals surface area contributed by atoms with Crippen LogP contribution in [0.1, 0.15) is 74.5 Å². The molecule has 244 valence electrons. The molecule has 1 aromatic heterocycles. The average Bonchev–Trinajstić information content (AvgIpc) is 3.01. The highest BCUT2D eigenvalue weighted by Crippen LogP contribution is 2.34. The van der Waals surface area contributed by atoms with E-state index in [1.807, 2.05) is 26.1 Å². The van der Waals surface area contributed by atoms with Gasteiger partial charge in [-0.2, -0.15) is 0 Å². The Morgan fingerprint density at radius 2 is 1.82 bits per heavy atom. The Labute approximate surface area is 267 Å². The third kappa shape index (κ3) is 8.21. The molecule has 5 rings (SSSR count). The number of ether oxygens (including phenoxy) is 1. The summed E-state index contributed by atoms with van der Waals surface area (Å²) in [7, 11) is 2.11. The number of anilines is 1. The molecule has 45 heavy (non-hydrogen) atoms. The minimum Gasteiger partial charge on any atom is -0.379 e. The van der Waals surface area contributed by atoms with Gasteiger partial charge in [-0.05, 0) is 81.2 Å². The molecule has 1 aliphatic carbocycles. The van der Waals surface area contributed by atoms with Crippen molar-refractivity contribution < 1.29 is 19.1 Å². The van der Waals surface area contributed by atoms with Gasteiger partial charge in [0.25, 0.3) is 5.91 Å². The molecule has 3 fully saturated rings. The first kappa shape index (κ1) is 32.9. The maximum absolute atomic E-state index is 13.8. The molecule has 1 aromatic carbocycles. The molecule has 3 N–H and O–H groups in total. The Morgan fingerprint density at radius 3 is 2.47 bits per heavy atom. The van der Waals surface area contributed by atoms with Crippen LogP contribution in [0.2, 0.25) is 0 Å². The lowest BCUT2D eigenvalue weighted by molar-refractivity contribution is -0.129. The van der Waals surface area contributed by atoms with Crippen molar-refractivity contribution in [3.8, 4) is 11.1 Å². The summed E-state index contributed by atoms with van der Waals surface area (Å²) in [6.07, 6.45) is 6.56. The number of hydrogen-bond acceptors (Lipinski definition) is 7. The van der Waals surface area contributed by atoms with Gasteiger partial charge in [-0.1, -0.05) is 13.0 Å². The Kier molecular flexibility index (Phi) is 10.8. The first-order valence-corrected chi connectivity index (χ1v) is 16.6. The molecule has 3 amide bonds. The molecule has 3 atom stereocenters. The summed E-state index contributed by atoms with van der Waals surface area (Å²) in [5.41, 5.74) is 5.42. The van der Waals surface area contributed by atoms with E-state index in [1.54, 1.807) is 6.92 Å². The number of benzene rings is 1. The van der Waals surface area contributed by atoms with Crippen LogP contribution in [-0.4, -0.2) is 85.6 Å². The van der Waals surface area contributed by atoms with Crippen molar-refractivity contribution in [3.05, 3.63) is 47.3 Å². The number of rotatable bonds is 9. The molecular formula is C35H50N6O4. The van der Waals surface area contributed by atoms with E-state index in [2.05, 4.69) is 57.9 Å². The molecule has 0 spiro atoms. The van der Waals surface area contributed by atoms with E-state index in [9.17, 15) is 14.4 Å². The molecule has 0 radical (unpaired) electrons. The molecule has 1 saturated carbocycles. The Bertz CT molecular complexity index is 1350. The minimum atomic E-state index is -0.252. The molecule has 10 heteroatoms. The van der Waals surface area contributed by atoms with Crippen LogP contribution in [0.3, 0.4) is 0 Å². The first-order chi connectivity index (χ1) is 21.6. The van der Waals surface area contributed by atoms with Crippen molar-refractivity contribution in [1.82, 2.24) is 25.8 Å². The van der Waals surface area contributed by atoms with Crippen LogP contribution < -0.4 is 20.9 Å². The zero-order valence-corrected chi connectivity index (χ0v) is 27.5. The van der Waals surface area contributed by atoms with Crippen molar-refractivity contribution in [2.24, 2.45) is 11.8 Å². The van der Waals surface area contributed by atoms with Crippen molar-refractivity contribution >= 4 is 23.4 Å². The van der Waals surface area contributed by atoms with Crippen LogP contribution in [0.25, 0.3) is 11.1 Å². The van der Waals surface area contributed by atoms with Crippen molar-refractivity contribution in [2.45, 2.75) is 84.5 Å². The average molecular weight is 619 g/mol. The molecule has 0 bridgehead atoms. The number of aromatic nitrogens is 1. The van der Waals surface area contributed by atoms with Crippen LogP contribution in [-0.2, 0) is 20.9 Å². The standard InChI is InChI=1S/C35H50N6O4/c1-22-16-23(2)38-35(44)32(22)20-37-34(43)31-17-27(26-6-7-29(36-19-26)21-41-12-14-45-15-13-41)18-33(24(31)3)40(5)30-10-8-28(9-11-30)39-25(4)42/h6-7,17-19,22-23,28,30,32H,8-16,20-21H2,1-5H3,(H,37,43)(H,38,44)(H,39,42)/t22?,23?,28-,30-,32?. The van der Waals surface area contributed by atoms with Gasteiger partial charge < -0.3 is 25.6 Å². The number of carbonyl (C=O) groups is 3. The maximum Gasteiger partial charge on any atom is 0.251 e. The summed E-state index contributed by atoms with van der Waals surface area (Å²) in [5.74, 6) is -0.208. The van der Waals surface area contributed by atoms with Gasteiger partial charge in [0.05, 0.1) is 24.8 Å². The summed E-state index contributed by atoms with van der Waals surface area (Å²) in [6, 6.07) is 8.95. The summed E-state index contributed by atoms with van der Waals surface area (Å²) in [4.78, 5) is 47.6. The zero-order valence-electron chi connectivity index (χ0n) is 27.5. The van der Waals surface area contributed by atoms with E-state index in [-0.39, 0.29) is 41.6 Å². The first-order valence-electron chi connectivity index (χ1n) is 16.6. The van der Waals surface area contributed by atoms with Crippen LogP contribution in [0.15, 0.2) is 30.5 Å². The largest absolute Gasteiger partial charge is 0.379 e. The van der Waals surface area contributed by atoms with Gasteiger partial charge >= 0.3 is 0 Å². The smallest absolute Gasteiger partial charge is 0.251 e. The number of carbonyl (C=O) groups excluding carboxylic acids is 3. The van der Waals surface area contributed by atoms with Crippen molar-refractivity contribution in [1.29, 1.82) is 0 Å². The fraction of sp³-hybridized carbons (Fsp3) is 0.600. The Morgan fingerprint density at radius 1 is 1.09 bits per heavy atom. The van der Waals surface area contributed by atoms with E-state index < -0.39 is 0 Å². The molecular weight excluding hydrogens is 568 g/mol. The molecule has 10 nitrogen and oxygen atoms in total. The number of hydrogen-bond donors (Lipinski definition) is 3. The zero-order chi connectivity index (χ0) is 32.1. The summed E-state index contributed by atoms with van der Waals surface area (Å²) >= 11 is 0. The monoisotopic (exact) mass is 618 g/mol. The molecule has 3 aliphatic rings. The highest BCUT2D eigenvalue weighted by atomic mass is 16.5. The second kappa shape index (κ2) is 14.7. The highest BCUT2D eigenvalue weighted by Gasteiger charge is 2.33. The predicted octanol–water partition coefficient (Wildman–Crippen LogP) is 3.66. The maximum atomic E-state index is 13.8. The number of nitrogens with one attached hydrogen (secondary N) is 3. The van der Waals surface area contributed by atoms with E-state index in [1.165, 1.54) is 0 Å². The molecule has 2 saturated heterocycles. The quantitative estimate of drug-likeness (QED) is 0.393. The number of piperidine rings is 1. The second-order valence-corrected chi connectivity index (χ2v) is 13.4. The number of morpholine rings is 1. The molecule has 3 heterocycles. The lowest BCUT2D eigenvalue weighted by Crippen LogP contribution is -2.50. The van der Waals surface area contributed by atoms with E-state index >= 15 is 0 Å². The third-order valence-electron chi connectivity index (χ3n) is 9.92. The third-order valence-corrected chi connectivity index (χ3v) is 9.92. The van der Waals surface area contributed by atoms with Gasteiger partial charge in [0, 0.05) is 81.3 Å². The number of amides is 3. The van der Waals surface area contributed by atoms with Crippen molar-refractivity contribution in [2.75, 3.05) is 44.8 Å². The van der Waals surface area contributed by atoms with E-state index in [4.69, 9.17) is 9.72 Å². The normalized spacial score (nSPS) is 25.7. The lowest BCUT2D eigenvalue weighted by Gasteiger charge is -2.37. The number of nitrogens with zero attached hydrogens (tertiary/aromatic N) is 3. The summed E-state index contributed by atoms with van der Waals surface area (Å²) in [6.45, 7) is 12.1. The van der Waals surface area contributed by atoms with E-state index in [0.717, 1.165) is 93.0 Å². The van der Waals surface area contributed by atoms with Gasteiger partial charge in [0.2, 0.25) is 11.8 Å². The van der Waals surface area contributed by atoms with Crippen LogP contribution in [0.5, 0.6) is 0 Å².